The number of carboxylic acid groups (broad SMARTS) is 1. The lowest BCUT2D eigenvalue weighted by Gasteiger charge is -2.35. The molecule has 1 aliphatic heterocycles. The zero-order chi connectivity index (χ0) is 19.7. The Morgan fingerprint density at radius 2 is 2.04 bits per heavy atom. The predicted octanol–water partition coefficient (Wildman–Crippen LogP) is 2.87. The topological polar surface area (TPSA) is 99.1 Å². The molecular weight excluding hydrogens is 340 g/mol. The molecule has 1 heterocycles. The van der Waals surface area contributed by atoms with Crippen molar-refractivity contribution in [2.24, 2.45) is 5.92 Å². The molecule has 1 saturated heterocycles. The van der Waals surface area contributed by atoms with Crippen molar-refractivity contribution in [2.45, 2.75) is 71.5 Å². The van der Waals surface area contributed by atoms with E-state index in [0.29, 0.717) is 38.7 Å². The molecular formula is C19H30O7. The second kappa shape index (κ2) is 10.3. The Bertz CT molecular complexity index is 540. The molecule has 0 aromatic carbocycles. The Balaban J connectivity index is 2.75. The average Bonchev–Trinajstić information content (AvgIpc) is 2.68. The maximum absolute atomic E-state index is 11.5. The number of carboxylic acids is 1. The first-order valence-corrected chi connectivity index (χ1v) is 8.99. The number of hydrogen-bond donors (Lipinski definition) is 1. The van der Waals surface area contributed by atoms with Gasteiger partial charge in [0.25, 0.3) is 0 Å². The number of carbonyl (C=O) groups excluding carboxylic acids is 2. The van der Waals surface area contributed by atoms with Crippen LogP contribution in [0.25, 0.3) is 0 Å². The van der Waals surface area contributed by atoms with Gasteiger partial charge in [-0.3, -0.25) is 14.4 Å². The Labute approximate surface area is 154 Å². The summed E-state index contributed by atoms with van der Waals surface area (Å²) >= 11 is 0. The highest BCUT2D eigenvalue weighted by Crippen LogP contribution is 2.33. The van der Waals surface area contributed by atoms with Gasteiger partial charge in [-0.05, 0) is 50.7 Å². The van der Waals surface area contributed by atoms with Crippen LogP contribution in [0.2, 0.25) is 0 Å². The van der Waals surface area contributed by atoms with Crippen molar-refractivity contribution in [1.82, 2.24) is 0 Å². The van der Waals surface area contributed by atoms with Crippen molar-refractivity contribution < 1.29 is 33.7 Å². The first-order chi connectivity index (χ1) is 12.1. The SMILES string of the molecule is CC(=O)OCC=C1CC[C@H](OC(C)=O)[C@](C)(CCCC(C)C(=O)O)OC1. The quantitative estimate of drug-likeness (QED) is 0.518. The van der Waals surface area contributed by atoms with Crippen molar-refractivity contribution in [3.8, 4) is 0 Å². The fourth-order valence-electron chi connectivity index (χ4n) is 2.98. The van der Waals surface area contributed by atoms with E-state index < -0.39 is 23.6 Å². The van der Waals surface area contributed by atoms with Crippen LogP contribution in [0.1, 0.15) is 59.8 Å². The lowest BCUT2D eigenvalue weighted by Crippen LogP contribution is -2.43. The molecule has 7 heteroatoms. The van der Waals surface area contributed by atoms with Crippen LogP contribution in [0.3, 0.4) is 0 Å². The molecule has 0 aliphatic carbocycles. The number of esters is 2. The van der Waals surface area contributed by atoms with Crippen molar-refractivity contribution in [1.29, 1.82) is 0 Å². The van der Waals surface area contributed by atoms with E-state index in [4.69, 9.17) is 19.3 Å². The van der Waals surface area contributed by atoms with Crippen LogP contribution in [0.5, 0.6) is 0 Å². The van der Waals surface area contributed by atoms with E-state index in [1.54, 1.807) is 6.92 Å². The lowest BCUT2D eigenvalue weighted by molar-refractivity contribution is -0.167. The van der Waals surface area contributed by atoms with E-state index in [9.17, 15) is 14.4 Å². The van der Waals surface area contributed by atoms with Crippen LogP contribution in [0.4, 0.5) is 0 Å². The fraction of sp³-hybridized carbons (Fsp3) is 0.737. The Hall–Kier alpha value is -1.89. The molecule has 1 N–H and O–H groups in total. The molecule has 0 aromatic rings. The molecule has 7 nitrogen and oxygen atoms in total. The smallest absolute Gasteiger partial charge is 0.306 e. The minimum atomic E-state index is -0.816. The summed E-state index contributed by atoms with van der Waals surface area (Å²) < 4.78 is 16.5. The molecule has 0 spiro atoms. The third kappa shape index (κ3) is 7.56. The molecule has 26 heavy (non-hydrogen) atoms. The van der Waals surface area contributed by atoms with Crippen molar-refractivity contribution >= 4 is 17.9 Å². The largest absolute Gasteiger partial charge is 0.481 e. The van der Waals surface area contributed by atoms with Crippen LogP contribution < -0.4 is 0 Å². The Morgan fingerprint density at radius 3 is 2.62 bits per heavy atom. The maximum atomic E-state index is 11.5. The minimum Gasteiger partial charge on any atom is -0.481 e. The third-order valence-electron chi connectivity index (χ3n) is 4.69. The molecule has 1 fully saturated rings. The average molecular weight is 370 g/mol. The minimum absolute atomic E-state index is 0.194. The first kappa shape index (κ1) is 22.2. The Morgan fingerprint density at radius 1 is 1.35 bits per heavy atom. The Kier molecular flexibility index (Phi) is 8.78. The van der Waals surface area contributed by atoms with Crippen LogP contribution in [0.15, 0.2) is 11.6 Å². The fourth-order valence-corrected chi connectivity index (χ4v) is 2.98. The third-order valence-corrected chi connectivity index (χ3v) is 4.69. The van der Waals surface area contributed by atoms with E-state index >= 15 is 0 Å². The normalized spacial score (nSPS) is 26.0. The van der Waals surface area contributed by atoms with Gasteiger partial charge in [0.1, 0.15) is 18.3 Å². The van der Waals surface area contributed by atoms with Crippen molar-refractivity contribution in [2.75, 3.05) is 13.2 Å². The van der Waals surface area contributed by atoms with Crippen LogP contribution in [0, 0.1) is 5.92 Å². The van der Waals surface area contributed by atoms with E-state index in [-0.39, 0.29) is 18.5 Å². The summed E-state index contributed by atoms with van der Waals surface area (Å²) in [5.41, 5.74) is 0.312. The van der Waals surface area contributed by atoms with Crippen LogP contribution in [-0.2, 0) is 28.6 Å². The monoisotopic (exact) mass is 370 g/mol. The number of rotatable bonds is 8. The molecule has 3 atom stereocenters. The molecule has 0 bridgehead atoms. The van der Waals surface area contributed by atoms with Gasteiger partial charge in [0, 0.05) is 13.8 Å². The number of ether oxygens (including phenoxy) is 3. The second-order valence-electron chi connectivity index (χ2n) is 7.03. The van der Waals surface area contributed by atoms with E-state index in [1.807, 2.05) is 13.0 Å². The van der Waals surface area contributed by atoms with Crippen molar-refractivity contribution in [3.05, 3.63) is 11.6 Å². The summed E-state index contributed by atoms with van der Waals surface area (Å²) in [6.45, 7) is 6.87. The van der Waals surface area contributed by atoms with Gasteiger partial charge in [-0.15, -0.1) is 0 Å². The predicted molar refractivity (Wildman–Crippen MR) is 94.5 cm³/mol. The van der Waals surface area contributed by atoms with Gasteiger partial charge in [-0.2, -0.15) is 0 Å². The van der Waals surface area contributed by atoms with Gasteiger partial charge in [0.05, 0.1) is 12.5 Å². The highest BCUT2D eigenvalue weighted by atomic mass is 16.6. The first-order valence-electron chi connectivity index (χ1n) is 8.99. The zero-order valence-corrected chi connectivity index (χ0v) is 16.1. The molecule has 0 aromatic heterocycles. The highest BCUT2D eigenvalue weighted by Gasteiger charge is 2.39. The summed E-state index contributed by atoms with van der Waals surface area (Å²) in [4.78, 5) is 33.3. The molecule has 1 rings (SSSR count). The zero-order valence-electron chi connectivity index (χ0n) is 16.1. The van der Waals surface area contributed by atoms with Crippen molar-refractivity contribution in [3.63, 3.8) is 0 Å². The number of carbonyl (C=O) groups is 3. The second-order valence-corrected chi connectivity index (χ2v) is 7.03. The molecule has 0 saturated carbocycles. The van der Waals surface area contributed by atoms with Gasteiger partial charge >= 0.3 is 17.9 Å². The highest BCUT2D eigenvalue weighted by molar-refractivity contribution is 5.69. The summed E-state index contributed by atoms with van der Waals surface area (Å²) in [5, 5.41) is 9.01. The number of aliphatic carboxylic acids is 1. The van der Waals surface area contributed by atoms with E-state index in [1.165, 1.54) is 13.8 Å². The molecule has 1 aliphatic rings. The number of hydrogen-bond acceptors (Lipinski definition) is 6. The van der Waals surface area contributed by atoms with E-state index in [2.05, 4.69) is 0 Å². The van der Waals surface area contributed by atoms with Gasteiger partial charge in [0.15, 0.2) is 0 Å². The standard InChI is InChI=1S/C19H30O7/c1-13(18(22)23)6-5-10-19(4)17(26-15(3)21)8-7-16(12-25-19)9-11-24-14(2)20/h9,13,17H,5-8,10-12H2,1-4H3,(H,22,23)/t13?,17-,19-/m0/s1. The summed E-state index contributed by atoms with van der Waals surface area (Å²) in [6.07, 6.45) is 4.51. The van der Waals surface area contributed by atoms with Gasteiger partial charge < -0.3 is 19.3 Å². The molecule has 0 radical (unpaired) electrons. The molecule has 0 amide bonds. The van der Waals surface area contributed by atoms with Gasteiger partial charge in [-0.25, -0.2) is 0 Å². The van der Waals surface area contributed by atoms with Crippen LogP contribution in [-0.4, -0.2) is 47.9 Å². The summed E-state index contributed by atoms with van der Waals surface area (Å²) in [7, 11) is 0. The lowest BCUT2D eigenvalue weighted by atomic mass is 9.88. The van der Waals surface area contributed by atoms with Gasteiger partial charge in [0.2, 0.25) is 0 Å². The maximum Gasteiger partial charge on any atom is 0.306 e. The van der Waals surface area contributed by atoms with Gasteiger partial charge in [-0.1, -0.05) is 6.92 Å². The summed E-state index contributed by atoms with van der Waals surface area (Å²) in [6, 6.07) is 0. The van der Waals surface area contributed by atoms with Crippen LogP contribution >= 0.6 is 0 Å². The van der Waals surface area contributed by atoms with E-state index in [0.717, 1.165) is 5.57 Å². The summed E-state index contributed by atoms with van der Waals surface area (Å²) in [5.74, 6) is -1.94. The molecule has 1 unspecified atom stereocenters. The molecule has 148 valence electrons.